The third kappa shape index (κ3) is 2.20. The lowest BCUT2D eigenvalue weighted by atomic mass is 10.0. The molecule has 0 fully saturated rings. The van der Waals surface area contributed by atoms with Gasteiger partial charge < -0.3 is 4.57 Å². The van der Waals surface area contributed by atoms with Gasteiger partial charge in [0, 0.05) is 16.5 Å². The zero-order valence-electron chi connectivity index (χ0n) is 14.3. The van der Waals surface area contributed by atoms with Crippen LogP contribution in [-0.2, 0) is 0 Å². The molecule has 5 rings (SSSR count). The molecule has 27 heavy (non-hydrogen) atoms. The van der Waals surface area contributed by atoms with Crippen molar-refractivity contribution in [1.82, 2.24) is 4.57 Å². The Kier molecular flexibility index (Phi) is 3.22. The molecule has 0 saturated heterocycles. The van der Waals surface area contributed by atoms with Crippen LogP contribution in [-0.4, -0.2) is 4.57 Å². The van der Waals surface area contributed by atoms with Gasteiger partial charge in [-0.3, -0.25) is 0 Å². The van der Waals surface area contributed by atoms with Crippen molar-refractivity contribution in [2.75, 3.05) is 0 Å². The van der Waals surface area contributed by atoms with Gasteiger partial charge in [0.25, 0.3) is 0 Å². The van der Waals surface area contributed by atoms with Gasteiger partial charge in [-0.2, -0.15) is 0 Å². The number of rotatable bonds is 1. The van der Waals surface area contributed by atoms with Crippen LogP contribution < -0.4 is 0 Å². The Morgan fingerprint density at radius 2 is 1.30 bits per heavy atom. The number of aromatic nitrogens is 1. The fourth-order valence-electron chi connectivity index (χ4n) is 3.86. The molecule has 3 nitrogen and oxygen atoms in total. The Labute approximate surface area is 156 Å². The van der Waals surface area contributed by atoms with Gasteiger partial charge in [-0.15, -0.1) is 0 Å². The average molecular weight is 343 g/mol. The van der Waals surface area contributed by atoms with Crippen molar-refractivity contribution in [3.63, 3.8) is 0 Å². The van der Waals surface area contributed by atoms with Crippen LogP contribution in [0, 0.1) is 13.1 Å². The molecule has 1 aromatic heterocycles. The van der Waals surface area contributed by atoms with Crippen molar-refractivity contribution in [3.8, 4) is 5.69 Å². The van der Waals surface area contributed by atoms with E-state index < -0.39 is 0 Å². The summed E-state index contributed by atoms with van der Waals surface area (Å²) < 4.78 is 2.15. The number of para-hydroxylation sites is 1. The molecule has 5 aromatic rings. The van der Waals surface area contributed by atoms with E-state index in [4.69, 9.17) is 13.1 Å². The van der Waals surface area contributed by atoms with Crippen LogP contribution in [0.15, 0.2) is 78.9 Å². The number of hydrogen-bond donors (Lipinski definition) is 0. The van der Waals surface area contributed by atoms with Gasteiger partial charge in [-0.05, 0) is 35.0 Å². The highest BCUT2D eigenvalue weighted by molar-refractivity contribution is 6.21. The Hall–Kier alpha value is -4.08. The SMILES string of the molecule is [C-]#[N+]c1cc([N+]#[C-])cc(-n2c3ccccc3c3c4ccccc4ccc32)c1. The van der Waals surface area contributed by atoms with Crippen molar-refractivity contribution in [1.29, 1.82) is 0 Å². The topological polar surface area (TPSA) is 13.7 Å². The van der Waals surface area contributed by atoms with Crippen molar-refractivity contribution in [2.24, 2.45) is 0 Å². The molecule has 0 amide bonds. The highest BCUT2D eigenvalue weighted by atomic mass is 15.0. The zero-order valence-corrected chi connectivity index (χ0v) is 14.3. The van der Waals surface area contributed by atoms with Gasteiger partial charge in [0.2, 0.25) is 0 Å². The minimum atomic E-state index is 0.477. The predicted octanol–water partition coefficient (Wildman–Crippen LogP) is 7.04. The minimum absolute atomic E-state index is 0.477. The maximum absolute atomic E-state index is 7.38. The largest absolute Gasteiger partial charge is 0.312 e. The van der Waals surface area contributed by atoms with Crippen molar-refractivity contribution in [2.45, 2.75) is 0 Å². The van der Waals surface area contributed by atoms with E-state index >= 15 is 0 Å². The molecule has 0 spiro atoms. The summed E-state index contributed by atoms with van der Waals surface area (Å²) in [6.07, 6.45) is 0. The molecule has 124 valence electrons. The van der Waals surface area contributed by atoms with Gasteiger partial charge in [0.05, 0.1) is 24.2 Å². The van der Waals surface area contributed by atoms with E-state index in [1.807, 2.05) is 24.3 Å². The van der Waals surface area contributed by atoms with E-state index in [1.165, 1.54) is 21.5 Å². The number of nitrogens with zero attached hydrogens (tertiary/aromatic N) is 3. The summed E-state index contributed by atoms with van der Waals surface area (Å²) in [6, 6.07) is 26.3. The maximum atomic E-state index is 7.38. The van der Waals surface area contributed by atoms with Gasteiger partial charge in [-0.1, -0.05) is 54.6 Å². The summed E-state index contributed by atoms with van der Waals surface area (Å²) in [5.41, 5.74) is 3.95. The second-order valence-corrected chi connectivity index (χ2v) is 6.46. The summed E-state index contributed by atoms with van der Waals surface area (Å²) >= 11 is 0. The smallest absolute Gasteiger partial charge is 0.179 e. The van der Waals surface area contributed by atoms with Crippen LogP contribution in [0.1, 0.15) is 0 Å². The molecule has 4 aromatic carbocycles. The van der Waals surface area contributed by atoms with Gasteiger partial charge in [0.15, 0.2) is 11.4 Å². The first kappa shape index (κ1) is 15.2. The fourth-order valence-corrected chi connectivity index (χ4v) is 3.86. The number of fused-ring (bicyclic) bond motifs is 5. The summed E-state index contributed by atoms with van der Waals surface area (Å²) in [5.74, 6) is 0. The van der Waals surface area contributed by atoms with E-state index in [0.717, 1.165) is 16.7 Å². The van der Waals surface area contributed by atoms with Gasteiger partial charge >= 0.3 is 0 Å². The third-order valence-corrected chi connectivity index (χ3v) is 4.97. The average Bonchev–Trinajstić information content (AvgIpc) is 3.08. The Morgan fingerprint density at radius 1 is 0.630 bits per heavy atom. The van der Waals surface area contributed by atoms with Crippen molar-refractivity contribution >= 4 is 44.0 Å². The van der Waals surface area contributed by atoms with Crippen molar-refractivity contribution < 1.29 is 0 Å². The highest BCUT2D eigenvalue weighted by Gasteiger charge is 2.15. The molecule has 1 heterocycles. The van der Waals surface area contributed by atoms with Crippen molar-refractivity contribution in [3.05, 3.63) is 102 Å². The molecule has 0 unspecified atom stereocenters. The minimum Gasteiger partial charge on any atom is -0.312 e. The van der Waals surface area contributed by atoms with E-state index in [0.29, 0.717) is 11.4 Å². The first-order chi connectivity index (χ1) is 13.3. The monoisotopic (exact) mass is 343 g/mol. The standard InChI is InChI=1S/C24H13N3/c1-25-17-13-18(26-2)15-19(14-17)27-22-10-6-5-9-21(22)24-20-8-4-3-7-16(20)11-12-23(24)27/h3-15H. The van der Waals surface area contributed by atoms with E-state index in [-0.39, 0.29) is 0 Å². The quantitative estimate of drug-likeness (QED) is 0.290. The van der Waals surface area contributed by atoms with Crippen LogP contribution in [0.4, 0.5) is 11.4 Å². The predicted molar refractivity (Wildman–Crippen MR) is 111 cm³/mol. The normalized spacial score (nSPS) is 10.9. The Morgan fingerprint density at radius 3 is 2.04 bits per heavy atom. The molecule has 0 radical (unpaired) electrons. The molecule has 3 heteroatoms. The van der Waals surface area contributed by atoms with Crippen LogP contribution in [0.2, 0.25) is 0 Å². The summed E-state index contributed by atoms with van der Waals surface area (Å²) in [7, 11) is 0. The summed E-state index contributed by atoms with van der Waals surface area (Å²) in [5, 5.41) is 4.77. The molecular formula is C24H13N3. The Balaban J connectivity index is 2.00. The zero-order chi connectivity index (χ0) is 18.4. The maximum Gasteiger partial charge on any atom is 0.179 e. The molecule has 0 N–H and O–H groups in total. The number of benzene rings is 4. The molecular weight excluding hydrogens is 330 g/mol. The molecule has 0 saturated carbocycles. The molecule has 0 aliphatic heterocycles. The van der Waals surface area contributed by atoms with E-state index in [2.05, 4.69) is 62.8 Å². The Bertz CT molecular complexity index is 1410. The van der Waals surface area contributed by atoms with Crippen LogP contribution in [0.5, 0.6) is 0 Å². The first-order valence-electron chi connectivity index (χ1n) is 8.61. The van der Waals surface area contributed by atoms with E-state index in [1.54, 1.807) is 6.07 Å². The summed E-state index contributed by atoms with van der Waals surface area (Å²) in [4.78, 5) is 7.11. The molecule has 0 aliphatic carbocycles. The molecule has 0 atom stereocenters. The van der Waals surface area contributed by atoms with Gasteiger partial charge in [-0.25, -0.2) is 9.69 Å². The second kappa shape index (κ2) is 5.73. The lowest BCUT2D eigenvalue weighted by Crippen LogP contribution is -1.93. The van der Waals surface area contributed by atoms with Crippen LogP contribution in [0.25, 0.3) is 48.0 Å². The third-order valence-electron chi connectivity index (χ3n) is 4.97. The van der Waals surface area contributed by atoms with Crippen LogP contribution in [0.3, 0.4) is 0 Å². The molecule has 0 aliphatic rings. The lowest BCUT2D eigenvalue weighted by Gasteiger charge is -2.10. The highest BCUT2D eigenvalue weighted by Crippen LogP contribution is 2.38. The molecule has 0 bridgehead atoms. The second-order valence-electron chi connectivity index (χ2n) is 6.46. The first-order valence-corrected chi connectivity index (χ1v) is 8.61. The fraction of sp³-hybridized carbons (Fsp3) is 0. The number of hydrogen-bond acceptors (Lipinski definition) is 0. The lowest BCUT2D eigenvalue weighted by molar-refractivity contribution is 1.18. The van der Waals surface area contributed by atoms with Gasteiger partial charge in [0.1, 0.15) is 0 Å². The van der Waals surface area contributed by atoms with Crippen LogP contribution >= 0.6 is 0 Å². The summed E-state index contributed by atoms with van der Waals surface area (Å²) in [6.45, 7) is 14.8. The van der Waals surface area contributed by atoms with E-state index in [9.17, 15) is 0 Å².